The predicted molar refractivity (Wildman–Crippen MR) is 103 cm³/mol. The van der Waals surface area contributed by atoms with Gasteiger partial charge in [0.05, 0.1) is 12.2 Å². The van der Waals surface area contributed by atoms with Gasteiger partial charge in [-0.3, -0.25) is 9.47 Å². The Morgan fingerprint density at radius 1 is 0.962 bits per heavy atom. The van der Waals surface area contributed by atoms with Crippen LogP contribution < -0.4 is 0 Å². The van der Waals surface area contributed by atoms with Gasteiger partial charge < -0.3 is 8.83 Å². The average molecular weight is 365 g/mol. The highest BCUT2D eigenvalue weighted by Crippen LogP contribution is 2.30. The van der Waals surface area contributed by atoms with Crippen LogP contribution in [0.15, 0.2) is 57.4 Å². The zero-order chi connectivity index (χ0) is 17.5. The maximum atomic E-state index is 5.96. The zero-order valence-electron chi connectivity index (χ0n) is 14.3. The summed E-state index contributed by atoms with van der Waals surface area (Å²) in [6.07, 6.45) is 2.08. The number of rotatable bonds is 3. The number of oxazole rings is 2. The van der Waals surface area contributed by atoms with Gasteiger partial charge in [0.15, 0.2) is 17.1 Å². The van der Waals surface area contributed by atoms with Crippen LogP contribution in [0.25, 0.3) is 22.2 Å². The molecule has 1 fully saturated rings. The predicted octanol–water partition coefficient (Wildman–Crippen LogP) is 4.94. The maximum Gasteiger partial charge on any atom is 0.270 e. The lowest BCUT2D eigenvalue weighted by atomic mass is 9.97. The highest BCUT2D eigenvalue weighted by atomic mass is 32.1. The topological polar surface area (TPSA) is 47.3 Å². The third kappa shape index (κ3) is 2.75. The van der Waals surface area contributed by atoms with Crippen molar-refractivity contribution in [2.45, 2.75) is 25.4 Å². The van der Waals surface area contributed by atoms with Gasteiger partial charge in [-0.15, -0.1) is 0 Å². The van der Waals surface area contributed by atoms with Crippen molar-refractivity contribution in [2.24, 2.45) is 0 Å². The molecule has 132 valence electrons. The lowest BCUT2D eigenvalue weighted by Crippen LogP contribution is -2.34. The highest BCUT2D eigenvalue weighted by Gasteiger charge is 2.25. The first kappa shape index (κ1) is 15.8. The molecule has 1 aliphatic rings. The molecular formula is C20H19N3O2S. The number of hydrogen-bond donors (Lipinski definition) is 0. The molecule has 5 nitrogen and oxygen atoms in total. The minimum Gasteiger partial charge on any atom is -0.440 e. The lowest BCUT2D eigenvalue weighted by molar-refractivity contribution is 0.161. The van der Waals surface area contributed by atoms with Crippen LogP contribution in [0.5, 0.6) is 0 Å². The van der Waals surface area contributed by atoms with Gasteiger partial charge in [-0.25, -0.2) is 4.98 Å². The van der Waals surface area contributed by atoms with E-state index in [2.05, 4.69) is 20.5 Å². The van der Waals surface area contributed by atoms with Crippen molar-refractivity contribution in [1.29, 1.82) is 0 Å². The van der Waals surface area contributed by atoms with Gasteiger partial charge in [0.1, 0.15) is 5.52 Å². The number of benzene rings is 2. The third-order valence-corrected chi connectivity index (χ3v) is 5.47. The quantitative estimate of drug-likeness (QED) is 0.481. The smallest absolute Gasteiger partial charge is 0.270 e. The van der Waals surface area contributed by atoms with Gasteiger partial charge in [0, 0.05) is 19.0 Å². The Morgan fingerprint density at radius 2 is 1.69 bits per heavy atom. The van der Waals surface area contributed by atoms with E-state index >= 15 is 0 Å². The normalized spacial score (nSPS) is 16.6. The summed E-state index contributed by atoms with van der Waals surface area (Å²) in [5.74, 6) is 1.25. The van der Waals surface area contributed by atoms with Crippen molar-refractivity contribution < 1.29 is 8.83 Å². The Kier molecular flexibility index (Phi) is 3.87. The molecule has 0 bridgehead atoms. The van der Waals surface area contributed by atoms with Crippen molar-refractivity contribution >= 4 is 34.4 Å². The molecule has 0 atom stereocenters. The molecular weight excluding hydrogens is 346 g/mol. The monoisotopic (exact) mass is 365 g/mol. The first-order valence-electron chi connectivity index (χ1n) is 8.94. The number of para-hydroxylation sites is 4. The standard InChI is InChI=1S/C20H19N3O2S/c26-20-23(16-6-2-4-8-18(16)25-20)13-22-11-9-14(10-12-22)19-21-15-5-1-3-7-17(15)24-19/h1-8,14H,9-13H2. The second-order valence-electron chi connectivity index (χ2n) is 6.82. The molecule has 0 aliphatic carbocycles. The fraction of sp³-hybridized carbons (Fsp3) is 0.300. The number of aromatic nitrogens is 2. The molecule has 3 heterocycles. The molecule has 0 saturated carbocycles. The van der Waals surface area contributed by atoms with Crippen molar-refractivity contribution in [2.75, 3.05) is 13.1 Å². The van der Waals surface area contributed by atoms with Crippen molar-refractivity contribution in [3.8, 4) is 0 Å². The maximum absolute atomic E-state index is 5.96. The van der Waals surface area contributed by atoms with Crippen molar-refractivity contribution in [3.63, 3.8) is 0 Å². The Labute approximate surface area is 155 Å². The summed E-state index contributed by atoms with van der Waals surface area (Å²) in [5, 5.41) is 0. The van der Waals surface area contributed by atoms with Gasteiger partial charge in [-0.05, 0) is 49.3 Å². The number of nitrogens with zero attached hydrogens (tertiary/aromatic N) is 3. The molecule has 0 amide bonds. The van der Waals surface area contributed by atoms with E-state index in [1.165, 1.54) is 0 Å². The molecule has 4 aromatic rings. The van der Waals surface area contributed by atoms with Gasteiger partial charge >= 0.3 is 0 Å². The minimum absolute atomic E-state index is 0.382. The molecule has 2 aromatic carbocycles. The molecule has 26 heavy (non-hydrogen) atoms. The van der Waals surface area contributed by atoms with Crippen LogP contribution in [-0.4, -0.2) is 27.5 Å². The van der Waals surface area contributed by atoms with E-state index in [4.69, 9.17) is 21.1 Å². The number of likely N-dealkylation sites (tertiary alicyclic amines) is 1. The third-order valence-electron chi connectivity index (χ3n) is 5.16. The number of piperidine rings is 1. The number of fused-ring (bicyclic) bond motifs is 2. The highest BCUT2D eigenvalue weighted by molar-refractivity contribution is 7.71. The van der Waals surface area contributed by atoms with Crippen LogP contribution in [0.3, 0.4) is 0 Å². The Bertz CT molecular complexity index is 1090. The molecule has 1 aliphatic heterocycles. The lowest BCUT2D eigenvalue weighted by Gasteiger charge is -2.30. The Morgan fingerprint density at radius 3 is 2.50 bits per heavy atom. The van der Waals surface area contributed by atoms with Gasteiger partial charge in [0.25, 0.3) is 4.84 Å². The van der Waals surface area contributed by atoms with Crippen molar-refractivity contribution in [3.05, 3.63) is 59.3 Å². The molecule has 5 rings (SSSR count). The summed E-state index contributed by atoms with van der Waals surface area (Å²) in [5.41, 5.74) is 3.72. The van der Waals surface area contributed by atoms with Gasteiger partial charge in [-0.2, -0.15) is 0 Å². The molecule has 0 N–H and O–H groups in total. The van der Waals surface area contributed by atoms with E-state index in [0.29, 0.717) is 10.8 Å². The first-order valence-corrected chi connectivity index (χ1v) is 9.35. The Hall–Kier alpha value is -2.44. The summed E-state index contributed by atoms with van der Waals surface area (Å²) in [6.45, 7) is 2.74. The van der Waals surface area contributed by atoms with Crippen LogP contribution in [0.4, 0.5) is 0 Å². The molecule has 0 unspecified atom stereocenters. The van der Waals surface area contributed by atoms with E-state index in [1.54, 1.807) is 0 Å². The van der Waals surface area contributed by atoms with E-state index in [0.717, 1.165) is 60.7 Å². The van der Waals surface area contributed by atoms with E-state index < -0.39 is 0 Å². The van der Waals surface area contributed by atoms with Gasteiger partial charge in [0.2, 0.25) is 0 Å². The molecule has 2 aromatic heterocycles. The van der Waals surface area contributed by atoms with E-state index in [1.807, 2.05) is 42.5 Å². The minimum atomic E-state index is 0.382. The second kappa shape index (κ2) is 6.37. The van der Waals surface area contributed by atoms with Crippen LogP contribution in [0.1, 0.15) is 24.7 Å². The van der Waals surface area contributed by atoms with E-state index in [9.17, 15) is 0 Å². The van der Waals surface area contributed by atoms with Crippen LogP contribution in [0.2, 0.25) is 0 Å². The fourth-order valence-corrected chi connectivity index (χ4v) is 3.98. The SMILES string of the molecule is S=c1oc2ccccc2n1CN1CCC(c2nc3ccccc3o2)CC1. The van der Waals surface area contributed by atoms with Gasteiger partial charge in [-0.1, -0.05) is 24.3 Å². The summed E-state index contributed by atoms with van der Waals surface area (Å²) in [7, 11) is 0. The zero-order valence-corrected chi connectivity index (χ0v) is 15.1. The summed E-state index contributed by atoms with van der Waals surface area (Å²) in [6, 6.07) is 16.0. The summed E-state index contributed by atoms with van der Waals surface area (Å²) in [4.78, 5) is 7.62. The molecule has 1 saturated heterocycles. The molecule has 0 radical (unpaired) electrons. The van der Waals surface area contributed by atoms with Crippen LogP contribution >= 0.6 is 12.2 Å². The second-order valence-corrected chi connectivity index (χ2v) is 7.17. The Balaban J connectivity index is 1.31. The summed E-state index contributed by atoms with van der Waals surface area (Å²) < 4.78 is 13.7. The number of hydrogen-bond acceptors (Lipinski definition) is 5. The average Bonchev–Trinajstić information content (AvgIpc) is 3.24. The van der Waals surface area contributed by atoms with Crippen LogP contribution in [-0.2, 0) is 6.67 Å². The van der Waals surface area contributed by atoms with Crippen molar-refractivity contribution in [1.82, 2.24) is 14.5 Å². The summed E-state index contributed by atoms with van der Waals surface area (Å²) >= 11 is 5.40. The fourth-order valence-electron chi connectivity index (χ4n) is 3.73. The first-order chi connectivity index (χ1) is 12.8. The molecule has 0 spiro atoms. The largest absolute Gasteiger partial charge is 0.440 e. The molecule has 6 heteroatoms. The van der Waals surface area contributed by atoms with Crippen LogP contribution in [0, 0.1) is 4.84 Å². The van der Waals surface area contributed by atoms with E-state index in [-0.39, 0.29) is 0 Å².